The highest BCUT2D eigenvalue weighted by molar-refractivity contribution is 7.45. The highest BCUT2D eigenvalue weighted by Crippen LogP contribution is 2.38. The van der Waals surface area contributed by atoms with Gasteiger partial charge in [-0.2, -0.15) is 0 Å². The van der Waals surface area contributed by atoms with E-state index in [1.807, 2.05) is 21.1 Å². The van der Waals surface area contributed by atoms with Crippen molar-refractivity contribution in [1.82, 2.24) is 0 Å². The second kappa shape index (κ2) is 45.2. The number of likely N-dealkylation sites (N-methyl/N-ethyl adjacent to an activating group) is 1. The van der Waals surface area contributed by atoms with Gasteiger partial charge in [0.05, 0.1) is 27.7 Å². The second-order valence-corrected chi connectivity index (χ2v) is 21.0. The number of unbranched alkanes of at least 4 members (excludes halogenated alkanes) is 36. The van der Waals surface area contributed by atoms with E-state index in [-0.39, 0.29) is 32.0 Å². The molecule has 370 valence electrons. The zero-order valence-electron chi connectivity index (χ0n) is 41.9. The van der Waals surface area contributed by atoms with E-state index in [0.717, 1.165) is 32.1 Å². The normalized spacial score (nSPS) is 13.3. The van der Waals surface area contributed by atoms with Gasteiger partial charge in [0.1, 0.15) is 19.8 Å². The highest BCUT2D eigenvalue weighted by atomic mass is 31.2. The molecule has 0 aliphatic carbocycles. The maximum atomic E-state index is 12.7. The second-order valence-electron chi connectivity index (χ2n) is 19.6. The minimum absolute atomic E-state index is 0.0253. The van der Waals surface area contributed by atoms with Gasteiger partial charge in [0.2, 0.25) is 0 Å². The lowest BCUT2D eigenvalue weighted by atomic mass is 10.0. The molecule has 0 saturated heterocycles. The largest absolute Gasteiger partial charge is 0.756 e. The quantitative estimate of drug-likeness (QED) is 0.0257. The number of phosphoric acid groups is 1. The van der Waals surface area contributed by atoms with Gasteiger partial charge in [0.15, 0.2) is 6.10 Å². The van der Waals surface area contributed by atoms with Crippen molar-refractivity contribution < 1.29 is 42.1 Å². The van der Waals surface area contributed by atoms with Crippen molar-refractivity contribution >= 4 is 19.8 Å². The zero-order valence-corrected chi connectivity index (χ0v) is 42.7. The van der Waals surface area contributed by atoms with E-state index in [1.165, 1.54) is 205 Å². The molecule has 0 aliphatic rings. The van der Waals surface area contributed by atoms with E-state index in [0.29, 0.717) is 17.4 Å². The Morgan fingerprint density at radius 1 is 0.435 bits per heavy atom. The number of phosphoric ester groups is 1. The van der Waals surface area contributed by atoms with E-state index in [9.17, 15) is 19.0 Å². The molecule has 0 aromatic rings. The van der Waals surface area contributed by atoms with Crippen LogP contribution in [0.2, 0.25) is 0 Å². The summed E-state index contributed by atoms with van der Waals surface area (Å²) in [6, 6.07) is 0. The van der Waals surface area contributed by atoms with Gasteiger partial charge >= 0.3 is 11.9 Å². The van der Waals surface area contributed by atoms with Crippen molar-refractivity contribution in [2.45, 2.75) is 277 Å². The first-order valence-electron chi connectivity index (χ1n) is 26.7. The summed E-state index contributed by atoms with van der Waals surface area (Å²) in [6.07, 6.45) is 48.5. The zero-order chi connectivity index (χ0) is 45.7. The van der Waals surface area contributed by atoms with Crippen molar-refractivity contribution in [2.75, 3.05) is 47.5 Å². The van der Waals surface area contributed by atoms with Crippen molar-refractivity contribution in [2.24, 2.45) is 0 Å². The highest BCUT2D eigenvalue weighted by Gasteiger charge is 2.21. The molecule has 62 heavy (non-hydrogen) atoms. The first-order chi connectivity index (χ1) is 30.0. The summed E-state index contributed by atoms with van der Waals surface area (Å²) in [7, 11) is 1.19. The van der Waals surface area contributed by atoms with Gasteiger partial charge in [-0.1, -0.05) is 245 Å². The standard InChI is InChI=1S/C52H104NO8P/c1-6-8-10-12-14-16-18-20-22-23-24-25-26-27-28-29-31-32-34-36-38-40-42-44-51(54)58-48-50(49-60-62(56,57)59-47-46-53(3,4)5)61-52(55)45-43-41-39-37-35-33-30-21-19-17-15-13-11-9-7-2/h50H,6-49H2,1-5H3. The van der Waals surface area contributed by atoms with Crippen LogP contribution in [-0.2, 0) is 32.7 Å². The van der Waals surface area contributed by atoms with Gasteiger partial charge < -0.3 is 27.9 Å². The smallest absolute Gasteiger partial charge is 0.306 e. The Morgan fingerprint density at radius 2 is 0.726 bits per heavy atom. The number of hydrogen-bond acceptors (Lipinski definition) is 8. The Morgan fingerprint density at radius 3 is 1.03 bits per heavy atom. The number of carbonyl (C=O) groups excluding carboxylic acids is 2. The number of hydrogen-bond donors (Lipinski definition) is 0. The number of nitrogens with zero attached hydrogens (tertiary/aromatic N) is 1. The molecule has 0 aromatic heterocycles. The van der Waals surface area contributed by atoms with Gasteiger partial charge in [-0.3, -0.25) is 14.2 Å². The molecule has 0 N–H and O–H groups in total. The molecular weight excluding hydrogens is 798 g/mol. The summed E-state index contributed by atoms with van der Waals surface area (Å²) >= 11 is 0. The molecule has 10 heteroatoms. The Kier molecular flexibility index (Phi) is 44.5. The number of ether oxygens (including phenoxy) is 2. The fourth-order valence-electron chi connectivity index (χ4n) is 7.95. The number of esters is 2. The van der Waals surface area contributed by atoms with Crippen LogP contribution in [0.3, 0.4) is 0 Å². The molecular formula is C52H104NO8P. The molecule has 0 amide bonds. The predicted molar refractivity (Wildman–Crippen MR) is 259 cm³/mol. The maximum Gasteiger partial charge on any atom is 0.306 e. The SMILES string of the molecule is CCCCCCCCCCCCCCCCCCCCCCCCCC(=O)OCC(COP(=O)([O-])OCC[N+](C)(C)C)OC(=O)CCCCCCCCCCCCCCCCC. The third-order valence-electron chi connectivity index (χ3n) is 12.1. The molecule has 0 spiro atoms. The van der Waals surface area contributed by atoms with Crippen LogP contribution in [0.1, 0.15) is 271 Å². The van der Waals surface area contributed by atoms with Gasteiger partial charge in [0.25, 0.3) is 7.82 Å². The summed E-state index contributed by atoms with van der Waals surface area (Å²) in [6.45, 7) is 4.29. The molecule has 0 radical (unpaired) electrons. The first-order valence-corrected chi connectivity index (χ1v) is 28.2. The lowest BCUT2D eigenvalue weighted by Crippen LogP contribution is -2.37. The molecule has 0 saturated carbocycles. The van der Waals surface area contributed by atoms with Crippen LogP contribution in [0.5, 0.6) is 0 Å². The van der Waals surface area contributed by atoms with Crippen LogP contribution >= 0.6 is 7.82 Å². The van der Waals surface area contributed by atoms with Crippen molar-refractivity contribution in [3.05, 3.63) is 0 Å². The van der Waals surface area contributed by atoms with Crippen molar-refractivity contribution in [3.63, 3.8) is 0 Å². The Labute approximate surface area is 384 Å². The average Bonchev–Trinajstić information content (AvgIpc) is 3.23. The fraction of sp³-hybridized carbons (Fsp3) is 0.962. The van der Waals surface area contributed by atoms with Gasteiger partial charge in [-0.25, -0.2) is 0 Å². The van der Waals surface area contributed by atoms with E-state index < -0.39 is 26.5 Å². The van der Waals surface area contributed by atoms with Crippen LogP contribution in [0.25, 0.3) is 0 Å². The summed E-state index contributed by atoms with van der Waals surface area (Å²) < 4.78 is 34.1. The third-order valence-corrected chi connectivity index (χ3v) is 13.1. The van der Waals surface area contributed by atoms with Crippen LogP contribution in [0.15, 0.2) is 0 Å². The molecule has 2 atom stereocenters. The predicted octanol–water partition coefficient (Wildman–Crippen LogP) is 15.3. The Hall–Kier alpha value is -0.990. The number of rotatable bonds is 50. The molecule has 0 aromatic carbocycles. The number of quaternary nitrogens is 1. The molecule has 0 heterocycles. The molecule has 0 fully saturated rings. The summed E-state index contributed by atoms with van der Waals surface area (Å²) in [5.41, 5.74) is 0. The monoisotopic (exact) mass is 902 g/mol. The Balaban J connectivity index is 4.12. The van der Waals surface area contributed by atoms with E-state index in [1.54, 1.807) is 0 Å². The molecule has 0 aliphatic heterocycles. The van der Waals surface area contributed by atoms with Gasteiger partial charge in [-0.15, -0.1) is 0 Å². The average molecular weight is 902 g/mol. The summed E-state index contributed by atoms with van der Waals surface area (Å²) in [4.78, 5) is 37.7. The summed E-state index contributed by atoms with van der Waals surface area (Å²) in [5.74, 6) is -0.813. The van der Waals surface area contributed by atoms with Crippen LogP contribution < -0.4 is 4.89 Å². The lowest BCUT2D eigenvalue weighted by Gasteiger charge is -2.28. The van der Waals surface area contributed by atoms with Gasteiger partial charge in [0, 0.05) is 12.8 Å². The topological polar surface area (TPSA) is 111 Å². The minimum Gasteiger partial charge on any atom is -0.756 e. The van der Waals surface area contributed by atoms with E-state index in [2.05, 4.69) is 13.8 Å². The summed E-state index contributed by atoms with van der Waals surface area (Å²) in [5, 5.41) is 0. The van der Waals surface area contributed by atoms with Gasteiger partial charge in [-0.05, 0) is 12.8 Å². The molecule has 2 unspecified atom stereocenters. The Bertz CT molecular complexity index is 1020. The fourth-order valence-corrected chi connectivity index (χ4v) is 8.68. The molecule has 9 nitrogen and oxygen atoms in total. The molecule has 0 rings (SSSR count). The number of carbonyl (C=O) groups is 2. The third kappa shape index (κ3) is 48.5. The minimum atomic E-state index is -4.62. The van der Waals surface area contributed by atoms with Crippen molar-refractivity contribution in [3.8, 4) is 0 Å². The first kappa shape index (κ1) is 61.0. The maximum absolute atomic E-state index is 12.7. The van der Waals surface area contributed by atoms with Crippen LogP contribution in [0.4, 0.5) is 0 Å². The van der Waals surface area contributed by atoms with Crippen LogP contribution in [0, 0.1) is 0 Å². The van der Waals surface area contributed by atoms with Crippen LogP contribution in [-0.4, -0.2) is 70.0 Å². The van der Waals surface area contributed by atoms with Crippen molar-refractivity contribution in [1.29, 1.82) is 0 Å². The van der Waals surface area contributed by atoms with E-state index in [4.69, 9.17) is 18.5 Å². The lowest BCUT2D eigenvalue weighted by molar-refractivity contribution is -0.870. The van der Waals surface area contributed by atoms with E-state index >= 15 is 0 Å². The molecule has 0 bridgehead atoms.